The van der Waals surface area contributed by atoms with E-state index < -0.39 is 0 Å². The third-order valence-electron chi connectivity index (χ3n) is 3.00. The molecule has 1 aliphatic heterocycles. The molecule has 0 radical (unpaired) electrons. The van der Waals surface area contributed by atoms with Crippen LogP contribution in [-0.2, 0) is 13.1 Å². The quantitative estimate of drug-likeness (QED) is 0.729. The second-order valence-corrected chi connectivity index (χ2v) is 4.16. The maximum atomic E-state index is 5.47. The number of hydrogen-bond acceptors (Lipinski definition) is 3. The second-order valence-electron chi connectivity index (χ2n) is 4.16. The molecule has 0 aliphatic carbocycles. The van der Waals surface area contributed by atoms with Gasteiger partial charge in [-0.1, -0.05) is 6.42 Å². The van der Waals surface area contributed by atoms with Gasteiger partial charge in [0.15, 0.2) is 0 Å². The molecule has 2 heterocycles. The number of fused-ring (bicyclic) bond motifs is 1. The van der Waals surface area contributed by atoms with Crippen LogP contribution in [0.2, 0.25) is 0 Å². The van der Waals surface area contributed by atoms with Crippen molar-refractivity contribution in [1.82, 2.24) is 14.5 Å². The van der Waals surface area contributed by atoms with Crippen LogP contribution in [0.5, 0.6) is 0 Å². The van der Waals surface area contributed by atoms with Gasteiger partial charge in [0, 0.05) is 25.5 Å². The van der Waals surface area contributed by atoms with E-state index in [-0.39, 0.29) is 0 Å². The zero-order valence-corrected chi connectivity index (χ0v) is 9.23. The maximum Gasteiger partial charge on any atom is 0.122 e. The molecule has 0 saturated heterocycles. The molecule has 15 heavy (non-hydrogen) atoms. The molecule has 0 spiro atoms. The zero-order chi connectivity index (χ0) is 10.5. The highest BCUT2D eigenvalue weighted by molar-refractivity contribution is 4.95. The molecule has 1 aromatic rings. The minimum Gasteiger partial charge on any atom is -0.333 e. The molecule has 84 valence electrons. The van der Waals surface area contributed by atoms with Gasteiger partial charge >= 0.3 is 0 Å². The average molecular weight is 208 g/mol. The molecule has 0 atom stereocenters. The molecule has 2 N–H and O–H groups in total. The van der Waals surface area contributed by atoms with E-state index in [1.807, 2.05) is 6.20 Å². The van der Waals surface area contributed by atoms with Gasteiger partial charge in [0.2, 0.25) is 0 Å². The van der Waals surface area contributed by atoms with Crippen molar-refractivity contribution in [3.8, 4) is 0 Å². The largest absolute Gasteiger partial charge is 0.333 e. The molecule has 1 aromatic heterocycles. The molecular formula is C11H20N4. The molecule has 0 bridgehead atoms. The van der Waals surface area contributed by atoms with Crippen LogP contribution in [0.15, 0.2) is 12.4 Å². The van der Waals surface area contributed by atoms with Crippen molar-refractivity contribution in [2.45, 2.75) is 32.4 Å². The summed E-state index contributed by atoms with van der Waals surface area (Å²) >= 11 is 0. The predicted molar refractivity (Wildman–Crippen MR) is 60.4 cm³/mol. The molecule has 0 fully saturated rings. The van der Waals surface area contributed by atoms with Crippen molar-refractivity contribution in [3.63, 3.8) is 0 Å². The monoisotopic (exact) mass is 208 g/mol. The molecule has 0 amide bonds. The van der Waals surface area contributed by atoms with Crippen LogP contribution in [-0.4, -0.2) is 34.1 Å². The van der Waals surface area contributed by atoms with Crippen molar-refractivity contribution in [2.24, 2.45) is 5.73 Å². The lowest BCUT2D eigenvalue weighted by Gasteiger charge is -2.27. The first kappa shape index (κ1) is 10.6. The van der Waals surface area contributed by atoms with Crippen LogP contribution >= 0.6 is 0 Å². The first-order valence-corrected chi connectivity index (χ1v) is 5.82. The van der Waals surface area contributed by atoms with E-state index in [0.717, 1.165) is 32.6 Å². The lowest BCUT2D eigenvalue weighted by Crippen LogP contribution is -2.34. The lowest BCUT2D eigenvalue weighted by atomic mass is 10.2. The normalized spacial score (nSPS) is 16.6. The van der Waals surface area contributed by atoms with E-state index in [1.165, 1.54) is 25.2 Å². The van der Waals surface area contributed by atoms with E-state index in [2.05, 4.69) is 20.6 Å². The van der Waals surface area contributed by atoms with E-state index in [1.54, 1.807) is 0 Å². The van der Waals surface area contributed by atoms with Gasteiger partial charge in [-0.15, -0.1) is 0 Å². The predicted octanol–water partition coefficient (Wildman–Crippen LogP) is 0.828. The molecule has 1 aliphatic rings. The van der Waals surface area contributed by atoms with Crippen molar-refractivity contribution >= 4 is 0 Å². The lowest BCUT2D eigenvalue weighted by molar-refractivity contribution is 0.213. The summed E-state index contributed by atoms with van der Waals surface area (Å²) in [4.78, 5) is 6.84. The molecular weight excluding hydrogens is 188 g/mol. The summed E-state index contributed by atoms with van der Waals surface area (Å²) < 4.78 is 2.25. The van der Waals surface area contributed by atoms with Gasteiger partial charge in [0.25, 0.3) is 0 Å². The Kier molecular flexibility index (Phi) is 3.75. The molecule has 4 heteroatoms. The highest BCUT2D eigenvalue weighted by Crippen LogP contribution is 2.10. The first-order chi connectivity index (χ1) is 7.40. The van der Waals surface area contributed by atoms with Crippen molar-refractivity contribution in [2.75, 3.05) is 19.6 Å². The molecule has 2 rings (SSSR count). The van der Waals surface area contributed by atoms with Gasteiger partial charge in [-0.3, -0.25) is 4.90 Å². The Bertz CT molecular complexity index is 295. The number of aromatic nitrogens is 2. The molecule has 4 nitrogen and oxygen atoms in total. The summed E-state index contributed by atoms with van der Waals surface area (Å²) in [6.45, 7) is 5.27. The smallest absolute Gasteiger partial charge is 0.122 e. The van der Waals surface area contributed by atoms with Gasteiger partial charge in [-0.2, -0.15) is 0 Å². The summed E-state index contributed by atoms with van der Waals surface area (Å²) in [5, 5.41) is 0. The second kappa shape index (κ2) is 5.28. The summed E-state index contributed by atoms with van der Waals surface area (Å²) in [6, 6.07) is 0. The third kappa shape index (κ3) is 2.79. The SMILES string of the molecule is NCCCCCN1CCn2ccnc2C1. The number of unbranched alkanes of at least 4 members (excludes halogenated alkanes) is 2. The van der Waals surface area contributed by atoms with Gasteiger partial charge in [0.1, 0.15) is 5.82 Å². The fourth-order valence-corrected chi connectivity index (χ4v) is 2.07. The van der Waals surface area contributed by atoms with Crippen LogP contribution in [0.25, 0.3) is 0 Å². The van der Waals surface area contributed by atoms with Gasteiger partial charge in [-0.05, 0) is 25.9 Å². The summed E-state index contributed by atoms with van der Waals surface area (Å²) in [7, 11) is 0. The Morgan fingerprint density at radius 3 is 3.07 bits per heavy atom. The number of rotatable bonds is 5. The van der Waals surface area contributed by atoms with E-state index in [9.17, 15) is 0 Å². The van der Waals surface area contributed by atoms with Crippen LogP contribution in [0.1, 0.15) is 25.1 Å². The number of nitrogens with two attached hydrogens (primary N) is 1. The highest BCUT2D eigenvalue weighted by Gasteiger charge is 2.15. The molecule has 0 saturated carbocycles. The Morgan fingerprint density at radius 1 is 1.27 bits per heavy atom. The van der Waals surface area contributed by atoms with Crippen LogP contribution in [0.4, 0.5) is 0 Å². The average Bonchev–Trinajstić information content (AvgIpc) is 2.71. The minimum absolute atomic E-state index is 0.824. The standard InChI is InChI=1S/C11H20N4/c12-4-2-1-3-6-14-8-9-15-7-5-13-11(15)10-14/h5,7H,1-4,6,8-10,12H2. The van der Waals surface area contributed by atoms with E-state index in [4.69, 9.17) is 5.73 Å². The maximum absolute atomic E-state index is 5.47. The third-order valence-corrected chi connectivity index (χ3v) is 3.00. The van der Waals surface area contributed by atoms with Crippen molar-refractivity contribution < 1.29 is 0 Å². The summed E-state index contributed by atoms with van der Waals surface area (Å²) in [5.74, 6) is 1.21. The Hall–Kier alpha value is -0.870. The van der Waals surface area contributed by atoms with E-state index >= 15 is 0 Å². The Labute approximate surface area is 91.1 Å². The van der Waals surface area contributed by atoms with Crippen LogP contribution in [0.3, 0.4) is 0 Å². The molecule has 0 unspecified atom stereocenters. The van der Waals surface area contributed by atoms with Gasteiger partial charge < -0.3 is 10.3 Å². The topological polar surface area (TPSA) is 47.1 Å². The minimum atomic E-state index is 0.824. The van der Waals surface area contributed by atoms with Crippen LogP contribution < -0.4 is 5.73 Å². The summed E-state index contributed by atoms with van der Waals surface area (Å²) in [5.41, 5.74) is 5.47. The van der Waals surface area contributed by atoms with Gasteiger partial charge in [0.05, 0.1) is 6.54 Å². The van der Waals surface area contributed by atoms with Gasteiger partial charge in [-0.25, -0.2) is 4.98 Å². The fourth-order valence-electron chi connectivity index (χ4n) is 2.07. The number of imidazole rings is 1. The van der Waals surface area contributed by atoms with Crippen molar-refractivity contribution in [3.05, 3.63) is 18.2 Å². The summed E-state index contributed by atoms with van der Waals surface area (Å²) in [6.07, 6.45) is 7.64. The zero-order valence-electron chi connectivity index (χ0n) is 9.23. The Balaban J connectivity index is 1.73. The highest BCUT2D eigenvalue weighted by atomic mass is 15.2. The van der Waals surface area contributed by atoms with Crippen molar-refractivity contribution in [1.29, 1.82) is 0 Å². The number of hydrogen-bond donors (Lipinski definition) is 1. The Morgan fingerprint density at radius 2 is 2.20 bits per heavy atom. The van der Waals surface area contributed by atoms with E-state index in [0.29, 0.717) is 0 Å². The van der Waals surface area contributed by atoms with Crippen LogP contribution in [0, 0.1) is 0 Å². The number of nitrogens with zero attached hydrogens (tertiary/aromatic N) is 3. The first-order valence-electron chi connectivity index (χ1n) is 5.82. The fraction of sp³-hybridized carbons (Fsp3) is 0.727. The molecule has 0 aromatic carbocycles.